The molecule has 0 bridgehead atoms. The number of hydrogen-bond donors (Lipinski definition) is 1. The number of carbonyl (C=O) groups is 2. The fraction of sp³-hybridized carbons (Fsp3) is 0.385. The van der Waals surface area contributed by atoms with E-state index in [2.05, 4.69) is 0 Å². The zero-order valence-electron chi connectivity index (χ0n) is 10.9. The standard InChI is InChI=1S/C13H14N2O5/c1-8(13(17)18)10-6-14(7-10)12(16)9-3-2-4-11(5-9)15(19)20/h2-5,8,10H,6-7H2,1H3,(H,17,18). The lowest BCUT2D eigenvalue weighted by atomic mass is 9.86. The molecule has 1 heterocycles. The predicted molar refractivity (Wildman–Crippen MR) is 69.3 cm³/mol. The second-order valence-corrected chi connectivity index (χ2v) is 4.90. The molecule has 1 fully saturated rings. The van der Waals surface area contributed by atoms with E-state index in [0.717, 1.165) is 0 Å². The summed E-state index contributed by atoms with van der Waals surface area (Å²) in [6, 6.07) is 5.53. The minimum atomic E-state index is -0.877. The molecule has 20 heavy (non-hydrogen) atoms. The van der Waals surface area contributed by atoms with E-state index in [0.29, 0.717) is 13.1 Å². The van der Waals surface area contributed by atoms with Crippen molar-refractivity contribution >= 4 is 17.6 Å². The number of nitro benzene ring substituents is 1. The lowest BCUT2D eigenvalue weighted by molar-refractivity contribution is -0.384. The van der Waals surface area contributed by atoms with E-state index in [4.69, 9.17) is 5.11 Å². The molecule has 1 unspecified atom stereocenters. The molecule has 1 aromatic carbocycles. The fourth-order valence-corrected chi connectivity index (χ4v) is 2.13. The molecular weight excluding hydrogens is 264 g/mol. The first-order valence-electron chi connectivity index (χ1n) is 6.16. The van der Waals surface area contributed by atoms with Gasteiger partial charge in [0.25, 0.3) is 11.6 Å². The fourth-order valence-electron chi connectivity index (χ4n) is 2.13. The van der Waals surface area contributed by atoms with Gasteiger partial charge in [-0.3, -0.25) is 19.7 Å². The number of rotatable bonds is 4. The van der Waals surface area contributed by atoms with Gasteiger partial charge in [0.15, 0.2) is 0 Å². The maximum atomic E-state index is 12.1. The third kappa shape index (κ3) is 2.61. The van der Waals surface area contributed by atoms with Gasteiger partial charge in [-0.05, 0) is 6.07 Å². The Balaban J connectivity index is 2.02. The van der Waals surface area contributed by atoms with Crippen LogP contribution in [0.3, 0.4) is 0 Å². The monoisotopic (exact) mass is 278 g/mol. The van der Waals surface area contributed by atoms with Crippen LogP contribution in [-0.4, -0.2) is 39.9 Å². The Morgan fingerprint density at radius 3 is 2.65 bits per heavy atom. The molecule has 0 radical (unpaired) electrons. The Hall–Kier alpha value is -2.44. The van der Waals surface area contributed by atoms with Gasteiger partial charge in [0, 0.05) is 36.7 Å². The van der Waals surface area contributed by atoms with Gasteiger partial charge in [0.05, 0.1) is 10.8 Å². The zero-order chi connectivity index (χ0) is 14.9. The highest BCUT2D eigenvalue weighted by atomic mass is 16.6. The number of nitro groups is 1. The maximum absolute atomic E-state index is 12.1. The first-order chi connectivity index (χ1) is 9.40. The smallest absolute Gasteiger partial charge is 0.306 e. The largest absolute Gasteiger partial charge is 0.481 e. The van der Waals surface area contributed by atoms with Crippen LogP contribution >= 0.6 is 0 Å². The summed E-state index contributed by atoms with van der Waals surface area (Å²) >= 11 is 0. The van der Waals surface area contributed by atoms with E-state index >= 15 is 0 Å². The number of nitrogens with zero attached hydrogens (tertiary/aromatic N) is 2. The van der Waals surface area contributed by atoms with Gasteiger partial charge in [0.1, 0.15) is 0 Å². The van der Waals surface area contributed by atoms with Crippen molar-refractivity contribution in [1.29, 1.82) is 0 Å². The lowest BCUT2D eigenvalue weighted by Crippen LogP contribution is -2.53. The van der Waals surface area contributed by atoms with Crippen molar-refractivity contribution < 1.29 is 19.6 Å². The molecular formula is C13H14N2O5. The van der Waals surface area contributed by atoms with Crippen LogP contribution in [-0.2, 0) is 4.79 Å². The van der Waals surface area contributed by atoms with E-state index in [-0.39, 0.29) is 23.1 Å². The molecule has 1 N–H and O–H groups in total. The van der Waals surface area contributed by atoms with Crippen LogP contribution in [0.1, 0.15) is 17.3 Å². The molecule has 7 nitrogen and oxygen atoms in total. The molecule has 1 amide bonds. The topological polar surface area (TPSA) is 101 Å². The number of amides is 1. The Morgan fingerprint density at radius 2 is 2.10 bits per heavy atom. The molecule has 2 rings (SSSR count). The minimum Gasteiger partial charge on any atom is -0.481 e. The minimum absolute atomic E-state index is 0.0600. The SMILES string of the molecule is CC(C(=O)O)C1CN(C(=O)c2cccc([N+](=O)[O-])c2)C1. The number of benzene rings is 1. The third-order valence-corrected chi connectivity index (χ3v) is 3.60. The highest BCUT2D eigenvalue weighted by molar-refractivity contribution is 5.95. The van der Waals surface area contributed by atoms with Crippen molar-refractivity contribution in [2.75, 3.05) is 13.1 Å². The Kier molecular flexibility index (Phi) is 3.69. The van der Waals surface area contributed by atoms with Crippen molar-refractivity contribution in [1.82, 2.24) is 4.90 Å². The summed E-state index contributed by atoms with van der Waals surface area (Å²) in [6.45, 7) is 2.35. The average Bonchev–Trinajstić information content (AvgIpc) is 2.36. The second kappa shape index (κ2) is 5.28. The van der Waals surface area contributed by atoms with Crippen LogP contribution in [0.15, 0.2) is 24.3 Å². The second-order valence-electron chi connectivity index (χ2n) is 4.90. The van der Waals surface area contributed by atoms with Crippen LogP contribution in [0, 0.1) is 22.0 Å². The molecule has 0 aromatic heterocycles. The summed E-state index contributed by atoms with van der Waals surface area (Å²) in [5.74, 6) is -1.74. The summed E-state index contributed by atoms with van der Waals surface area (Å²) in [6.07, 6.45) is 0. The molecule has 1 saturated heterocycles. The van der Waals surface area contributed by atoms with Crippen LogP contribution in [0.4, 0.5) is 5.69 Å². The van der Waals surface area contributed by atoms with Gasteiger partial charge in [0.2, 0.25) is 0 Å². The normalized spacial score (nSPS) is 16.4. The Bertz CT molecular complexity index is 566. The number of aliphatic carboxylic acids is 1. The molecule has 1 aromatic rings. The first kappa shape index (κ1) is 14.0. The van der Waals surface area contributed by atoms with Gasteiger partial charge in [-0.25, -0.2) is 0 Å². The van der Waals surface area contributed by atoms with E-state index in [1.54, 1.807) is 6.92 Å². The van der Waals surface area contributed by atoms with Crippen LogP contribution in [0.2, 0.25) is 0 Å². The van der Waals surface area contributed by atoms with Gasteiger partial charge >= 0.3 is 5.97 Å². The summed E-state index contributed by atoms with van der Waals surface area (Å²) in [5.41, 5.74) is 0.118. The van der Waals surface area contributed by atoms with Crippen molar-refractivity contribution in [3.05, 3.63) is 39.9 Å². The number of carboxylic acid groups (broad SMARTS) is 1. The summed E-state index contributed by atoms with van der Waals surface area (Å²) in [4.78, 5) is 34.5. The van der Waals surface area contributed by atoms with Crippen molar-refractivity contribution in [2.45, 2.75) is 6.92 Å². The van der Waals surface area contributed by atoms with Gasteiger partial charge in [-0.15, -0.1) is 0 Å². The first-order valence-corrected chi connectivity index (χ1v) is 6.16. The zero-order valence-corrected chi connectivity index (χ0v) is 10.9. The van der Waals surface area contributed by atoms with E-state index in [1.807, 2.05) is 0 Å². The molecule has 0 aliphatic carbocycles. The molecule has 1 atom stereocenters. The predicted octanol–water partition coefficient (Wildman–Crippen LogP) is 1.39. The molecule has 1 aliphatic rings. The van der Waals surface area contributed by atoms with Crippen molar-refractivity contribution in [3.8, 4) is 0 Å². The molecule has 0 saturated carbocycles. The maximum Gasteiger partial charge on any atom is 0.306 e. The number of likely N-dealkylation sites (tertiary alicyclic amines) is 1. The number of non-ortho nitro benzene ring substituents is 1. The number of hydrogen-bond acceptors (Lipinski definition) is 4. The highest BCUT2D eigenvalue weighted by Gasteiger charge is 2.37. The number of carbonyl (C=O) groups excluding carboxylic acids is 1. The van der Waals surface area contributed by atoms with Crippen LogP contribution in [0.5, 0.6) is 0 Å². The van der Waals surface area contributed by atoms with Gasteiger partial charge in [-0.2, -0.15) is 0 Å². The summed E-state index contributed by atoms with van der Waals surface area (Å²) in [7, 11) is 0. The number of carboxylic acids is 1. The summed E-state index contributed by atoms with van der Waals surface area (Å²) in [5, 5.41) is 19.5. The molecule has 106 valence electrons. The van der Waals surface area contributed by atoms with Crippen LogP contribution < -0.4 is 0 Å². The van der Waals surface area contributed by atoms with Crippen LogP contribution in [0.25, 0.3) is 0 Å². The van der Waals surface area contributed by atoms with Gasteiger partial charge in [-0.1, -0.05) is 13.0 Å². The van der Waals surface area contributed by atoms with Gasteiger partial charge < -0.3 is 10.0 Å². The third-order valence-electron chi connectivity index (χ3n) is 3.60. The Morgan fingerprint density at radius 1 is 1.45 bits per heavy atom. The lowest BCUT2D eigenvalue weighted by Gasteiger charge is -2.41. The molecule has 1 aliphatic heterocycles. The molecule has 0 spiro atoms. The van der Waals surface area contributed by atoms with E-state index < -0.39 is 16.8 Å². The summed E-state index contributed by atoms with van der Waals surface area (Å²) < 4.78 is 0. The molecule has 7 heteroatoms. The van der Waals surface area contributed by atoms with Crippen molar-refractivity contribution in [2.24, 2.45) is 11.8 Å². The van der Waals surface area contributed by atoms with E-state index in [9.17, 15) is 19.7 Å². The highest BCUT2D eigenvalue weighted by Crippen LogP contribution is 2.26. The average molecular weight is 278 g/mol. The Labute approximate surface area is 115 Å². The van der Waals surface area contributed by atoms with E-state index in [1.165, 1.54) is 29.2 Å². The quantitative estimate of drug-likeness (QED) is 0.662. The van der Waals surface area contributed by atoms with Crippen molar-refractivity contribution in [3.63, 3.8) is 0 Å².